The van der Waals surface area contributed by atoms with E-state index in [1.54, 1.807) is 48.7 Å². The van der Waals surface area contributed by atoms with E-state index in [9.17, 15) is 14.9 Å². The number of amides is 2. The van der Waals surface area contributed by atoms with Crippen LogP contribution in [0.25, 0.3) is 0 Å². The Morgan fingerprint density at radius 3 is 2.56 bits per heavy atom. The Bertz CT molecular complexity index is 821. The Hall–Kier alpha value is -3.20. The quantitative estimate of drug-likeness (QED) is 0.896. The van der Waals surface area contributed by atoms with Crippen molar-refractivity contribution in [1.82, 2.24) is 4.98 Å². The molecule has 1 heterocycles. The lowest BCUT2D eigenvalue weighted by molar-refractivity contribution is -0.122. The van der Waals surface area contributed by atoms with Crippen LogP contribution in [0.5, 0.6) is 0 Å². The SMILES string of the molecule is N#CC1(C(=O)Nc2cccc(C(=O)Nc3ccccn3)c2)CCCC1. The van der Waals surface area contributed by atoms with Gasteiger partial charge in [0.15, 0.2) is 0 Å². The first-order valence-corrected chi connectivity index (χ1v) is 8.18. The molecule has 1 fully saturated rings. The molecular weight excluding hydrogens is 316 g/mol. The van der Waals surface area contributed by atoms with Crippen LogP contribution < -0.4 is 10.6 Å². The van der Waals surface area contributed by atoms with Gasteiger partial charge >= 0.3 is 0 Å². The number of hydrogen-bond donors (Lipinski definition) is 2. The van der Waals surface area contributed by atoms with Gasteiger partial charge in [0.2, 0.25) is 5.91 Å². The van der Waals surface area contributed by atoms with Crippen LogP contribution in [0.4, 0.5) is 11.5 Å². The molecule has 1 aliphatic rings. The maximum absolute atomic E-state index is 12.5. The Kier molecular flexibility index (Phi) is 4.75. The summed E-state index contributed by atoms with van der Waals surface area (Å²) in [5.41, 5.74) is -0.0484. The van der Waals surface area contributed by atoms with Crippen LogP contribution in [0.2, 0.25) is 0 Å². The van der Waals surface area contributed by atoms with Crippen molar-refractivity contribution in [2.45, 2.75) is 25.7 Å². The number of nitriles is 1. The molecule has 2 aromatic rings. The fraction of sp³-hybridized carbons (Fsp3) is 0.263. The summed E-state index contributed by atoms with van der Waals surface area (Å²) in [5.74, 6) is -0.156. The van der Waals surface area contributed by atoms with Crippen LogP contribution in [0, 0.1) is 16.7 Å². The lowest BCUT2D eigenvalue weighted by Gasteiger charge is -2.19. The van der Waals surface area contributed by atoms with E-state index in [4.69, 9.17) is 0 Å². The first kappa shape index (κ1) is 16.7. The normalized spacial score (nSPS) is 15.2. The number of anilines is 2. The molecule has 6 heteroatoms. The highest BCUT2D eigenvalue weighted by atomic mass is 16.2. The molecule has 0 radical (unpaired) electrons. The van der Waals surface area contributed by atoms with Crippen molar-refractivity contribution in [2.75, 3.05) is 10.6 Å². The van der Waals surface area contributed by atoms with Crippen LogP contribution in [0.15, 0.2) is 48.7 Å². The van der Waals surface area contributed by atoms with Crippen LogP contribution >= 0.6 is 0 Å². The smallest absolute Gasteiger partial charge is 0.256 e. The molecule has 6 nitrogen and oxygen atoms in total. The maximum atomic E-state index is 12.5. The van der Waals surface area contributed by atoms with Crippen molar-refractivity contribution in [3.05, 3.63) is 54.2 Å². The van der Waals surface area contributed by atoms with E-state index in [0.717, 1.165) is 12.8 Å². The molecule has 1 aromatic carbocycles. The number of aromatic nitrogens is 1. The number of carbonyl (C=O) groups excluding carboxylic acids is 2. The highest BCUT2D eigenvalue weighted by molar-refractivity contribution is 6.05. The van der Waals surface area contributed by atoms with Gasteiger partial charge in [0.1, 0.15) is 11.2 Å². The molecule has 0 saturated heterocycles. The minimum atomic E-state index is -0.952. The number of hydrogen-bond acceptors (Lipinski definition) is 4. The van der Waals surface area contributed by atoms with Crippen molar-refractivity contribution >= 4 is 23.3 Å². The topological polar surface area (TPSA) is 94.9 Å². The van der Waals surface area contributed by atoms with E-state index in [1.165, 1.54) is 0 Å². The summed E-state index contributed by atoms with van der Waals surface area (Å²) >= 11 is 0. The first-order chi connectivity index (χ1) is 12.1. The summed E-state index contributed by atoms with van der Waals surface area (Å²) < 4.78 is 0. The molecule has 2 N–H and O–H groups in total. The second-order valence-corrected chi connectivity index (χ2v) is 6.11. The Labute approximate surface area is 145 Å². The standard InChI is InChI=1S/C19H18N4O2/c20-13-19(9-2-3-10-19)18(25)22-15-7-5-6-14(12-15)17(24)23-16-8-1-4-11-21-16/h1,4-8,11-12H,2-3,9-10H2,(H,22,25)(H,21,23,24). The first-order valence-electron chi connectivity index (χ1n) is 8.18. The summed E-state index contributed by atoms with van der Waals surface area (Å²) in [7, 11) is 0. The third-order valence-electron chi connectivity index (χ3n) is 4.39. The number of nitrogens with one attached hydrogen (secondary N) is 2. The molecule has 2 amide bonds. The summed E-state index contributed by atoms with van der Waals surface area (Å²) in [5, 5.41) is 14.9. The average Bonchev–Trinajstić information content (AvgIpc) is 3.13. The molecule has 1 aliphatic carbocycles. The monoisotopic (exact) mass is 334 g/mol. The second-order valence-electron chi connectivity index (χ2n) is 6.11. The van der Waals surface area contributed by atoms with Crippen LogP contribution in [0.1, 0.15) is 36.0 Å². The van der Waals surface area contributed by atoms with E-state index < -0.39 is 5.41 Å². The van der Waals surface area contributed by atoms with Gasteiger partial charge in [-0.1, -0.05) is 25.0 Å². The van der Waals surface area contributed by atoms with Gasteiger partial charge < -0.3 is 10.6 Å². The zero-order valence-electron chi connectivity index (χ0n) is 13.7. The minimum absolute atomic E-state index is 0.296. The van der Waals surface area contributed by atoms with Gasteiger partial charge in [-0.15, -0.1) is 0 Å². The van der Waals surface area contributed by atoms with E-state index in [1.807, 2.05) is 0 Å². The molecule has 0 bridgehead atoms. The van der Waals surface area contributed by atoms with Gasteiger partial charge in [-0.05, 0) is 43.2 Å². The lowest BCUT2D eigenvalue weighted by Crippen LogP contribution is -2.32. The van der Waals surface area contributed by atoms with Gasteiger partial charge in [0.25, 0.3) is 5.91 Å². The van der Waals surface area contributed by atoms with E-state index in [2.05, 4.69) is 21.7 Å². The molecule has 126 valence electrons. The Morgan fingerprint density at radius 2 is 1.88 bits per heavy atom. The highest BCUT2D eigenvalue weighted by Gasteiger charge is 2.41. The second kappa shape index (κ2) is 7.14. The van der Waals surface area contributed by atoms with Crippen LogP contribution in [-0.2, 0) is 4.79 Å². The summed E-state index contributed by atoms with van der Waals surface area (Å²) in [4.78, 5) is 28.9. The molecule has 0 unspecified atom stereocenters. The van der Waals surface area contributed by atoms with Gasteiger partial charge in [0, 0.05) is 17.4 Å². The minimum Gasteiger partial charge on any atom is -0.325 e. The molecule has 3 rings (SSSR count). The molecule has 0 aliphatic heterocycles. The average molecular weight is 334 g/mol. The Balaban J connectivity index is 1.72. The molecule has 1 saturated carbocycles. The summed E-state index contributed by atoms with van der Waals surface area (Å²) in [6.07, 6.45) is 4.51. The van der Waals surface area contributed by atoms with Crippen molar-refractivity contribution in [3.63, 3.8) is 0 Å². The number of nitrogens with zero attached hydrogens (tertiary/aromatic N) is 2. The molecule has 1 aromatic heterocycles. The van der Waals surface area contributed by atoms with Crippen LogP contribution in [0.3, 0.4) is 0 Å². The lowest BCUT2D eigenvalue weighted by atomic mass is 9.87. The van der Waals surface area contributed by atoms with Crippen molar-refractivity contribution in [3.8, 4) is 6.07 Å². The number of pyridine rings is 1. The van der Waals surface area contributed by atoms with E-state index >= 15 is 0 Å². The fourth-order valence-electron chi connectivity index (χ4n) is 2.98. The number of carbonyl (C=O) groups is 2. The molecular formula is C19H18N4O2. The largest absolute Gasteiger partial charge is 0.325 e. The van der Waals surface area contributed by atoms with E-state index in [-0.39, 0.29) is 11.8 Å². The van der Waals surface area contributed by atoms with Crippen molar-refractivity contribution in [2.24, 2.45) is 5.41 Å². The summed E-state index contributed by atoms with van der Waals surface area (Å²) in [6, 6.07) is 14.1. The molecule has 0 atom stereocenters. The van der Waals surface area contributed by atoms with Crippen LogP contribution in [-0.4, -0.2) is 16.8 Å². The zero-order chi connectivity index (χ0) is 17.7. The van der Waals surface area contributed by atoms with Gasteiger partial charge in [-0.3, -0.25) is 9.59 Å². The highest BCUT2D eigenvalue weighted by Crippen LogP contribution is 2.38. The van der Waals surface area contributed by atoms with Crippen molar-refractivity contribution in [1.29, 1.82) is 5.26 Å². The molecule has 25 heavy (non-hydrogen) atoms. The number of rotatable bonds is 4. The maximum Gasteiger partial charge on any atom is 0.256 e. The predicted molar refractivity (Wildman–Crippen MR) is 93.8 cm³/mol. The van der Waals surface area contributed by atoms with E-state index in [0.29, 0.717) is 29.9 Å². The third-order valence-corrected chi connectivity index (χ3v) is 4.39. The molecule has 0 spiro atoms. The van der Waals surface area contributed by atoms with Gasteiger partial charge in [-0.25, -0.2) is 4.98 Å². The Morgan fingerprint density at radius 1 is 1.08 bits per heavy atom. The summed E-state index contributed by atoms with van der Waals surface area (Å²) in [6.45, 7) is 0. The zero-order valence-corrected chi connectivity index (χ0v) is 13.7. The predicted octanol–water partition coefficient (Wildman–Crippen LogP) is 3.36. The third kappa shape index (κ3) is 3.66. The fourth-order valence-corrected chi connectivity index (χ4v) is 2.98. The van der Waals surface area contributed by atoms with Gasteiger partial charge in [-0.2, -0.15) is 5.26 Å². The number of benzene rings is 1. The van der Waals surface area contributed by atoms with Crippen molar-refractivity contribution < 1.29 is 9.59 Å². The van der Waals surface area contributed by atoms with Gasteiger partial charge in [0.05, 0.1) is 6.07 Å².